The van der Waals surface area contributed by atoms with Gasteiger partial charge in [0.1, 0.15) is 17.7 Å². The normalized spacial score (nSPS) is 16.5. The third-order valence-corrected chi connectivity index (χ3v) is 5.37. The molecule has 3 N–H and O–H groups in total. The van der Waals surface area contributed by atoms with Crippen LogP contribution < -0.4 is 10.6 Å². The molecular formula is C21H30ClF3N4O2. The first-order valence-electron chi connectivity index (χ1n) is 10.3. The van der Waals surface area contributed by atoms with Gasteiger partial charge < -0.3 is 25.5 Å². The Bertz CT molecular complexity index is 756. The van der Waals surface area contributed by atoms with Crippen LogP contribution in [0.25, 0.3) is 0 Å². The van der Waals surface area contributed by atoms with E-state index < -0.39 is 12.6 Å². The Balaban J connectivity index is 2.21. The number of benzene rings is 1. The molecule has 1 amide bonds. The summed E-state index contributed by atoms with van der Waals surface area (Å²) in [6.45, 7) is 0.763. The Morgan fingerprint density at radius 2 is 1.94 bits per heavy atom. The van der Waals surface area contributed by atoms with Gasteiger partial charge in [-0.05, 0) is 43.4 Å². The number of amides is 1. The van der Waals surface area contributed by atoms with Gasteiger partial charge in [0.25, 0.3) is 5.91 Å². The second kappa shape index (κ2) is 11.5. The summed E-state index contributed by atoms with van der Waals surface area (Å²) in [5.74, 6) is 0.313. The third kappa shape index (κ3) is 7.50. The largest absolute Gasteiger partial charge is 0.396 e. The van der Waals surface area contributed by atoms with Crippen molar-refractivity contribution in [1.29, 1.82) is 0 Å². The number of hydrogen-bond donors (Lipinski definition) is 3. The van der Waals surface area contributed by atoms with E-state index in [1.165, 1.54) is 4.90 Å². The van der Waals surface area contributed by atoms with Crippen LogP contribution in [-0.4, -0.2) is 60.4 Å². The molecule has 0 saturated carbocycles. The van der Waals surface area contributed by atoms with Crippen LogP contribution >= 0.6 is 11.6 Å². The maximum Gasteiger partial charge on any atom is 0.389 e. The van der Waals surface area contributed by atoms with E-state index in [-0.39, 0.29) is 25.1 Å². The molecule has 1 aliphatic rings. The number of nitrogens with one attached hydrogen (secondary N) is 2. The van der Waals surface area contributed by atoms with E-state index in [2.05, 4.69) is 10.6 Å². The lowest BCUT2D eigenvalue weighted by atomic mass is 10.1. The predicted octanol–water partition coefficient (Wildman–Crippen LogP) is 3.42. The van der Waals surface area contributed by atoms with Crippen molar-refractivity contribution in [2.24, 2.45) is 0 Å². The molecule has 1 aliphatic heterocycles. The molecule has 1 aromatic rings. The summed E-state index contributed by atoms with van der Waals surface area (Å²) in [6.07, 6.45) is -4.01. The van der Waals surface area contributed by atoms with Crippen LogP contribution in [-0.2, 0) is 11.3 Å². The topological polar surface area (TPSA) is 67.8 Å². The quantitative estimate of drug-likeness (QED) is 0.440. The Labute approximate surface area is 186 Å². The number of halogens is 4. The molecule has 0 saturated heterocycles. The summed E-state index contributed by atoms with van der Waals surface area (Å²) in [5, 5.41) is 15.9. The molecule has 0 radical (unpaired) electrons. The lowest BCUT2D eigenvalue weighted by Gasteiger charge is -2.30. The number of nitrogens with zero attached hydrogens (tertiary/aromatic N) is 2. The number of rotatable bonds is 11. The average molecular weight is 463 g/mol. The number of carbonyl (C=O) groups is 1. The number of aliphatic hydroxyl groups is 1. The average Bonchev–Trinajstić information content (AvgIpc) is 3.07. The fourth-order valence-electron chi connectivity index (χ4n) is 3.49. The van der Waals surface area contributed by atoms with Gasteiger partial charge in [0.05, 0.1) is 0 Å². The summed E-state index contributed by atoms with van der Waals surface area (Å²) >= 11 is 5.97. The van der Waals surface area contributed by atoms with Crippen molar-refractivity contribution in [3.05, 3.63) is 46.4 Å². The van der Waals surface area contributed by atoms with Crippen molar-refractivity contribution in [3.8, 4) is 0 Å². The number of aliphatic hydroxyl groups excluding tert-OH is 1. The molecule has 0 fully saturated rings. The Morgan fingerprint density at radius 3 is 2.52 bits per heavy atom. The van der Waals surface area contributed by atoms with E-state index >= 15 is 0 Å². The molecule has 0 aromatic heterocycles. The Kier molecular flexibility index (Phi) is 9.31. The molecule has 31 heavy (non-hydrogen) atoms. The highest BCUT2D eigenvalue weighted by molar-refractivity contribution is 6.30. The standard InChI is InChI=1S/C21H30ClF3N4O2/c1-26-19-18(20(31)28(2)12-5-13-30)29(14-15-7-9-16(22)10-8-15)17(27-19)6-3-4-11-21(23,24)25/h7-10,17,26-27,30H,3-6,11-14H2,1-2H3. The van der Waals surface area contributed by atoms with Gasteiger partial charge in [-0.1, -0.05) is 23.7 Å². The molecule has 6 nitrogen and oxygen atoms in total. The van der Waals surface area contributed by atoms with Crippen molar-refractivity contribution >= 4 is 17.5 Å². The number of alkyl halides is 3. The van der Waals surface area contributed by atoms with E-state index in [9.17, 15) is 18.0 Å². The Morgan fingerprint density at radius 1 is 1.26 bits per heavy atom. The number of hydrogen-bond acceptors (Lipinski definition) is 5. The highest BCUT2D eigenvalue weighted by Crippen LogP contribution is 2.28. The molecule has 10 heteroatoms. The third-order valence-electron chi connectivity index (χ3n) is 5.12. The summed E-state index contributed by atoms with van der Waals surface area (Å²) in [5.41, 5.74) is 1.35. The first-order valence-corrected chi connectivity index (χ1v) is 10.7. The van der Waals surface area contributed by atoms with E-state index in [0.29, 0.717) is 48.9 Å². The Hall–Kier alpha value is -2.13. The second-order valence-corrected chi connectivity index (χ2v) is 7.99. The van der Waals surface area contributed by atoms with Crippen molar-refractivity contribution in [2.75, 3.05) is 27.2 Å². The molecule has 174 valence electrons. The van der Waals surface area contributed by atoms with Crippen LogP contribution in [0.2, 0.25) is 5.02 Å². The molecule has 1 atom stereocenters. The molecule has 1 heterocycles. The van der Waals surface area contributed by atoms with E-state index in [4.69, 9.17) is 16.7 Å². The van der Waals surface area contributed by atoms with E-state index in [1.807, 2.05) is 17.0 Å². The minimum absolute atomic E-state index is 0.0237. The zero-order valence-electron chi connectivity index (χ0n) is 17.8. The van der Waals surface area contributed by atoms with Crippen LogP contribution in [0, 0.1) is 0 Å². The smallest absolute Gasteiger partial charge is 0.389 e. The lowest BCUT2D eigenvalue weighted by Crippen LogP contribution is -2.41. The van der Waals surface area contributed by atoms with Gasteiger partial charge in [-0.25, -0.2) is 0 Å². The molecule has 1 unspecified atom stereocenters. The van der Waals surface area contributed by atoms with Gasteiger partial charge in [0.2, 0.25) is 0 Å². The van der Waals surface area contributed by atoms with Gasteiger partial charge in [0.15, 0.2) is 0 Å². The zero-order chi connectivity index (χ0) is 23.0. The highest BCUT2D eigenvalue weighted by atomic mass is 35.5. The summed E-state index contributed by atoms with van der Waals surface area (Å²) in [4.78, 5) is 16.6. The second-order valence-electron chi connectivity index (χ2n) is 7.55. The number of carbonyl (C=O) groups excluding carboxylic acids is 1. The van der Waals surface area contributed by atoms with Crippen LogP contribution in [0.4, 0.5) is 13.2 Å². The van der Waals surface area contributed by atoms with Gasteiger partial charge >= 0.3 is 6.18 Å². The highest BCUT2D eigenvalue weighted by Gasteiger charge is 2.36. The minimum Gasteiger partial charge on any atom is -0.396 e. The van der Waals surface area contributed by atoms with E-state index in [1.54, 1.807) is 26.2 Å². The van der Waals surface area contributed by atoms with Crippen molar-refractivity contribution in [1.82, 2.24) is 20.4 Å². The van der Waals surface area contributed by atoms with Crippen LogP contribution in [0.1, 0.15) is 37.7 Å². The number of likely N-dealkylation sites (N-methyl/N-ethyl adjacent to an activating group) is 1. The molecule has 0 spiro atoms. The fourth-order valence-corrected chi connectivity index (χ4v) is 3.62. The van der Waals surface area contributed by atoms with Crippen LogP contribution in [0.15, 0.2) is 35.8 Å². The van der Waals surface area contributed by atoms with Crippen LogP contribution in [0.5, 0.6) is 0 Å². The molecular weight excluding hydrogens is 433 g/mol. The first kappa shape index (κ1) is 25.1. The molecule has 1 aromatic carbocycles. The lowest BCUT2D eigenvalue weighted by molar-refractivity contribution is -0.135. The van der Waals surface area contributed by atoms with Gasteiger partial charge in [0, 0.05) is 45.2 Å². The van der Waals surface area contributed by atoms with E-state index in [0.717, 1.165) is 5.56 Å². The summed E-state index contributed by atoms with van der Waals surface area (Å²) in [6, 6.07) is 7.24. The van der Waals surface area contributed by atoms with Crippen molar-refractivity contribution in [3.63, 3.8) is 0 Å². The van der Waals surface area contributed by atoms with Crippen molar-refractivity contribution < 1.29 is 23.1 Å². The van der Waals surface area contributed by atoms with Gasteiger partial charge in [-0.15, -0.1) is 0 Å². The monoisotopic (exact) mass is 462 g/mol. The van der Waals surface area contributed by atoms with Crippen LogP contribution in [0.3, 0.4) is 0 Å². The van der Waals surface area contributed by atoms with Gasteiger partial charge in [-0.2, -0.15) is 13.2 Å². The fraction of sp³-hybridized carbons (Fsp3) is 0.571. The predicted molar refractivity (Wildman–Crippen MR) is 114 cm³/mol. The van der Waals surface area contributed by atoms with Crippen molar-refractivity contribution in [2.45, 2.75) is 51.0 Å². The maximum atomic E-state index is 13.2. The minimum atomic E-state index is -4.17. The summed E-state index contributed by atoms with van der Waals surface area (Å²) < 4.78 is 37.5. The van der Waals surface area contributed by atoms with Gasteiger partial charge in [-0.3, -0.25) is 4.79 Å². The molecule has 2 rings (SSSR count). The first-order chi connectivity index (χ1) is 14.7. The molecule has 0 bridgehead atoms. The summed E-state index contributed by atoms with van der Waals surface area (Å²) in [7, 11) is 3.35. The maximum absolute atomic E-state index is 13.2. The SMILES string of the molecule is CNC1=C(C(=O)N(C)CCCO)N(Cc2ccc(Cl)cc2)C(CCCCC(F)(F)F)N1. The number of unbranched alkanes of at least 4 members (excludes halogenated alkanes) is 1. The molecule has 0 aliphatic carbocycles. The zero-order valence-corrected chi connectivity index (χ0v) is 18.6.